The Morgan fingerprint density at radius 1 is 0.541 bits per heavy atom. The fraction of sp³-hybridized carbons (Fsp3) is 0.826. The van der Waals surface area contributed by atoms with Crippen molar-refractivity contribution in [1.82, 2.24) is 0 Å². The molecule has 37 heavy (non-hydrogen) atoms. The number of hydrogen-bond donors (Lipinski definition) is 0. The first kappa shape index (κ1) is 44.7. The van der Waals surface area contributed by atoms with Gasteiger partial charge in [0.05, 0.1) is 58.6 Å². The minimum absolute atomic E-state index is 0. The van der Waals surface area contributed by atoms with Gasteiger partial charge in [0.15, 0.2) is 0 Å². The summed E-state index contributed by atoms with van der Waals surface area (Å²) in [6, 6.07) is 0. The van der Waals surface area contributed by atoms with Gasteiger partial charge in [0.1, 0.15) is 0 Å². The van der Waals surface area contributed by atoms with Crippen molar-refractivity contribution < 1.29 is 40.8 Å². The second kappa shape index (κ2) is 32.9. The van der Waals surface area contributed by atoms with E-state index in [1.165, 1.54) is 0 Å². The Labute approximate surface area is 237 Å². The van der Waals surface area contributed by atoms with Crippen LogP contribution in [0.5, 0.6) is 0 Å². The average Bonchev–Trinajstić information content (AvgIpc) is 2.83. The molecule has 0 spiro atoms. The van der Waals surface area contributed by atoms with E-state index in [1.54, 1.807) is 39.8 Å². The Bertz CT molecular complexity index is 538. The number of halogens is 2. The highest BCUT2D eigenvalue weighted by Crippen LogP contribution is 2.50. The maximum absolute atomic E-state index is 12.2. The molecule has 0 radical (unpaired) electrons. The molecule has 0 N–H and O–H groups in total. The second-order valence-corrected chi connectivity index (χ2v) is 12.0. The van der Waals surface area contributed by atoms with Crippen molar-refractivity contribution in [2.45, 2.75) is 55.9 Å². The van der Waals surface area contributed by atoms with Gasteiger partial charge in [0.25, 0.3) is 0 Å². The summed E-state index contributed by atoms with van der Waals surface area (Å²) in [5, 5.41) is 0. The summed E-state index contributed by atoms with van der Waals surface area (Å²) in [5.41, 5.74) is 0. The molecular weight excluding hydrogens is 584 g/mol. The van der Waals surface area contributed by atoms with Crippen LogP contribution in [-0.4, -0.2) is 70.3 Å². The van der Waals surface area contributed by atoms with Gasteiger partial charge in [-0.15, -0.1) is 23.2 Å². The first-order valence-electron chi connectivity index (χ1n) is 12.1. The van der Waals surface area contributed by atoms with Gasteiger partial charge in [0, 0.05) is 11.8 Å². The third kappa shape index (κ3) is 31.1. The van der Waals surface area contributed by atoms with Gasteiger partial charge in [-0.3, -0.25) is 9.13 Å². The zero-order valence-corrected chi connectivity index (χ0v) is 27.1. The zero-order valence-electron chi connectivity index (χ0n) is 22.9. The summed E-state index contributed by atoms with van der Waals surface area (Å²) in [7, 11) is -7.24. The minimum atomic E-state index is -3.09. The van der Waals surface area contributed by atoms with Gasteiger partial charge >= 0.3 is 23.8 Å². The van der Waals surface area contributed by atoms with Crippen LogP contribution in [-0.2, 0) is 40.8 Å². The summed E-state index contributed by atoms with van der Waals surface area (Å²) in [4.78, 5) is 0. The zero-order chi connectivity index (χ0) is 28.1. The Morgan fingerprint density at radius 2 is 0.811 bits per heavy atom. The second-order valence-electron chi connectivity index (χ2n) is 5.99. The van der Waals surface area contributed by atoms with Crippen molar-refractivity contribution in [3.05, 3.63) is 24.3 Å². The quantitative estimate of drug-likeness (QED) is 0.0737. The van der Waals surface area contributed by atoms with Crippen LogP contribution in [0.3, 0.4) is 0 Å². The molecule has 0 aromatic carbocycles. The third-order valence-corrected chi connectivity index (χ3v) is 8.86. The molecule has 0 saturated carbocycles. The fourth-order valence-electron chi connectivity index (χ4n) is 2.03. The Balaban J connectivity index is -0.000000266. The fourth-order valence-corrected chi connectivity index (χ4v) is 6.10. The van der Waals surface area contributed by atoms with E-state index in [2.05, 4.69) is 0 Å². The topological polar surface area (TPSA) is 98.8 Å². The summed E-state index contributed by atoms with van der Waals surface area (Å²) >= 11 is 10.5. The molecule has 0 amide bonds. The first-order valence-corrected chi connectivity index (χ1v) is 17.7. The normalized spacial score (nSPS) is 11.7. The molecule has 0 aliphatic heterocycles. The molecule has 0 rings (SSSR count). The van der Waals surface area contributed by atoms with Gasteiger partial charge in [-0.25, -0.2) is 0 Å². The lowest BCUT2D eigenvalue weighted by molar-refractivity contribution is 0.176. The third-order valence-electron chi connectivity index (χ3n) is 3.18. The molecule has 0 unspecified atom stereocenters. The van der Waals surface area contributed by atoms with Crippen LogP contribution in [0.1, 0.15) is 55.9 Å². The van der Waals surface area contributed by atoms with Crippen molar-refractivity contribution in [3.63, 3.8) is 0 Å². The molecule has 0 aromatic heterocycles. The molecule has 0 saturated heterocycles. The van der Waals surface area contributed by atoms with E-state index in [-0.39, 0.29) is 19.8 Å². The first-order chi connectivity index (χ1) is 17.2. The summed E-state index contributed by atoms with van der Waals surface area (Å²) in [6.45, 7) is 16.0. The molecular formula is C23H51Cl2O9P3. The molecule has 0 fully saturated rings. The lowest BCUT2D eigenvalue weighted by Crippen LogP contribution is -2.00. The van der Waals surface area contributed by atoms with Crippen LogP contribution >= 0.6 is 47.0 Å². The summed E-state index contributed by atoms with van der Waals surface area (Å²) < 4.78 is 60.3. The molecule has 0 atom stereocenters. The van der Waals surface area contributed by atoms with Gasteiger partial charge < -0.3 is 31.7 Å². The molecule has 9 nitrogen and oxygen atoms in total. The van der Waals surface area contributed by atoms with E-state index in [0.29, 0.717) is 58.0 Å². The maximum atomic E-state index is 12.2. The number of hydrogen-bond acceptors (Lipinski definition) is 9. The predicted molar refractivity (Wildman–Crippen MR) is 160 cm³/mol. The van der Waals surface area contributed by atoms with Gasteiger partial charge in [-0.2, -0.15) is 0 Å². The van der Waals surface area contributed by atoms with Gasteiger partial charge in [0.2, 0.25) is 0 Å². The molecule has 0 aliphatic rings. The highest BCUT2D eigenvalue weighted by Gasteiger charge is 2.23. The highest BCUT2D eigenvalue weighted by atomic mass is 35.5. The number of rotatable bonds is 20. The number of alkyl halides is 2. The van der Waals surface area contributed by atoms with Crippen molar-refractivity contribution in [2.75, 3.05) is 70.3 Å². The van der Waals surface area contributed by atoms with E-state index in [1.807, 2.05) is 32.9 Å². The van der Waals surface area contributed by atoms with E-state index >= 15 is 0 Å². The maximum Gasteiger partial charge on any atom is 0.334 e. The molecule has 0 aromatic rings. The Morgan fingerprint density at radius 3 is 1.00 bits per heavy atom. The van der Waals surface area contributed by atoms with Crippen LogP contribution < -0.4 is 0 Å². The van der Waals surface area contributed by atoms with Crippen LogP contribution in [0.25, 0.3) is 0 Å². The van der Waals surface area contributed by atoms with Crippen LogP contribution in [0, 0.1) is 0 Å². The lowest BCUT2D eigenvalue weighted by atomic mass is 10.6. The minimum Gasteiger partial charge on any atom is -0.313 e. The largest absolute Gasteiger partial charge is 0.334 e. The van der Waals surface area contributed by atoms with Crippen LogP contribution in [0.15, 0.2) is 24.3 Å². The van der Waals surface area contributed by atoms with Crippen molar-refractivity contribution in [3.8, 4) is 0 Å². The lowest BCUT2D eigenvalue weighted by Gasteiger charge is -2.16. The monoisotopic (exact) mass is 634 g/mol. The van der Waals surface area contributed by atoms with Crippen LogP contribution in [0.2, 0.25) is 0 Å². The van der Waals surface area contributed by atoms with E-state index < -0.39 is 23.8 Å². The summed E-state index contributed by atoms with van der Waals surface area (Å²) in [5.74, 6) is 1.12. The van der Waals surface area contributed by atoms with Crippen molar-refractivity contribution in [2.24, 2.45) is 0 Å². The van der Waals surface area contributed by atoms with Gasteiger partial charge in [-0.1, -0.05) is 31.7 Å². The summed E-state index contributed by atoms with van der Waals surface area (Å²) in [6.07, 6.45) is 7.19. The molecule has 226 valence electrons. The molecule has 0 heterocycles. The Kier molecular flexibility index (Phi) is 39.7. The van der Waals surface area contributed by atoms with E-state index in [0.717, 1.165) is 0 Å². The average molecular weight is 635 g/mol. The van der Waals surface area contributed by atoms with Crippen molar-refractivity contribution in [1.29, 1.82) is 0 Å². The van der Waals surface area contributed by atoms with E-state index in [4.69, 9.17) is 54.9 Å². The Hall–Kier alpha value is 0.670. The predicted octanol–water partition coefficient (Wildman–Crippen LogP) is 9.05. The number of allylic oxidation sites excluding steroid dienone is 4. The molecule has 0 bridgehead atoms. The van der Waals surface area contributed by atoms with E-state index in [9.17, 15) is 9.13 Å². The standard InChI is InChI=1S/C12H26O6P2.C6H15O3P.C4H6Cl2.CH4/c1-5-15-19(13,16-6-2)11-9-10-12-20(14,17-7-3)18-8-4;1-4-7-10(8-5-2)9-6-3;5-3-1-2-4-6;/h9-10H,5-8,11-12H2,1-4H3;4-6H2,1-3H3;1-2H,3-4H2;1H4/b10-9+;;2-1+;. The van der Waals surface area contributed by atoms with Crippen LogP contribution in [0.4, 0.5) is 0 Å². The van der Waals surface area contributed by atoms with Gasteiger partial charge in [-0.05, 0) is 48.5 Å². The smallest absolute Gasteiger partial charge is 0.313 e. The molecule has 0 aliphatic carbocycles. The SMILES string of the molecule is C.CCOP(=O)(C/C=C/CP(=O)(OCC)OCC)OCC.CCOP(OCC)OCC.ClC/C=C/CCl. The highest BCUT2D eigenvalue weighted by molar-refractivity contribution is 7.54. The van der Waals surface area contributed by atoms with Crippen molar-refractivity contribution >= 4 is 47.0 Å². The molecule has 14 heteroatoms.